The third-order valence-electron chi connectivity index (χ3n) is 1.25. The van der Waals surface area contributed by atoms with E-state index in [0.29, 0.717) is 5.56 Å². The molecule has 54 valence electrons. The number of halogens is 1. The van der Waals surface area contributed by atoms with Crippen LogP contribution >= 0.6 is 11.6 Å². The summed E-state index contributed by atoms with van der Waals surface area (Å²) in [5, 5.41) is 0.139. The summed E-state index contributed by atoms with van der Waals surface area (Å²) in [6.45, 7) is 3.82. The van der Waals surface area contributed by atoms with Gasteiger partial charge in [-0.25, -0.2) is 0 Å². The van der Waals surface area contributed by atoms with Crippen LogP contribution in [0.15, 0.2) is 24.2 Å². The summed E-state index contributed by atoms with van der Waals surface area (Å²) < 4.78 is 22.6. The van der Waals surface area contributed by atoms with E-state index in [2.05, 4.69) is 0 Å². The highest BCUT2D eigenvalue weighted by Gasteiger charge is 1.97. The lowest BCUT2D eigenvalue weighted by molar-refractivity contribution is 0.867. The maximum atomic E-state index is 7.64. The Hall–Kier alpha value is -0.490. The summed E-state index contributed by atoms with van der Waals surface area (Å²) in [6.07, 6.45) is 0. The Bertz CT molecular complexity index is 334. The van der Waals surface area contributed by atoms with E-state index in [4.69, 9.17) is 15.7 Å². The fourth-order valence-electron chi connectivity index (χ4n) is 0.679. The van der Waals surface area contributed by atoms with Crippen LogP contribution in [0.2, 0.25) is 5.02 Å². The highest BCUT2D eigenvalue weighted by Crippen LogP contribution is 2.17. The first-order valence-electron chi connectivity index (χ1n) is 4.71. The number of benzene rings is 1. The van der Waals surface area contributed by atoms with Crippen molar-refractivity contribution in [3.63, 3.8) is 0 Å². The van der Waals surface area contributed by atoms with Gasteiger partial charge in [-0.15, -0.1) is 0 Å². The molecule has 1 aromatic carbocycles. The van der Waals surface area contributed by atoms with Gasteiger partial charge in [0.1, 0.15) is 0 Å². The molecule has 0 nitrogen and oxygen atoms in total. The molecule has 0 aliphatic carbocycles. The van der Waals surface area contributed by atoms with E-state index in [1.54, 1.807) is 0 Å². The molecule has 0 N–H and O–H groups in total. The molecule has 0 saturated heterocycles. The molecule has 0 aliphatic rings. The smallest absolute Gasteiger partial charge is 0.0641 e. The van der Waals surface area contributed by atoms with Gasteiger partial charge in [-0.3, -0.25) is 0 Å². The highest BCUT2D eigenvalue weighted by atomic mass is 35.5. The minimum absolute atomic E-state index is 0.0565. The van der Waals surface area contributed by atoms with Crippen molar-refractivity contribution in [1.82, 2.24) is 0 Å². The van der Waals surface area contributed by atoms with Crippen LogP contribution in [-0.2, 0) is 0 Å². The Labute approximate surface area is 71.0 Å². The molecule has 0 amide bonds. The van der Waals surface area contributed by atoms with E-state index in [1.165, 1.54) is 6.07 Å². The van der Waals surface area contributed by atoms with Gasteiger partial charge in [-0.05, 0) is 23.6 Å². The van der Waals surface area contributed by atoms with Crippen LogP contribution in [-0.4, -0.2) is 0 Å². The van der Waals surface area contributed by atoms with Crippen LogP contribution in [0.5, 0.6) is 0 Å². The van der Waals surface area contributed by atoms with Crippen molar-refractivity contribution in [3.8, 4) is 0 Å². The molecule has 0 saturated carbocycles. The van der Waals surface area contributed by atoms with Gasteiger partial charge < -0.3 is 0 Å². The molecule has 1 rings (SSSR count). The van der Waals surface area contributed by atoms with Crippen LogP contribution in [0, 0.1) is 0 Å². The van der Waals surface area contributed by atoms with E-state index in [9.17, 15) is 0 Å². The first-order valence-corrected chi connectivity index (χ1v) is 3.59. The second-order valence-corrected chi connectivity index (χ2v) is 2.82. The molecule has 0 aromatic heterocycles. The zero-order valence-electron chi connectivity index (χ0n) is 9.03. The van der Waals surface area contributed by atoms with Crippen molar-refractivity contribution in [2.24, 2.45) is 0 Å². The second-order valence-electron chi connectivity index (χ2n) is 2.44. The zero-order valence-corrected chi connectivity index (χ0v) is 6.79. The fraction of sp³-hybridized carbons (Fsp3) is 0.333. The van der Waals surface area contributed by atoms with Crippen LogP contribution in [0.25, 0.3) is 0 Å². The first-order chi connectivity index (χ1) is 5.95. The Kier molecular flexibility index (Phi) is 1.35. The lowest BCUT2D eigenvalue weighted by Crippen LogP contribution is -1.84. The summed E-state index contributed by atoms with van der Waals surface area (Å²) >= 11 is 5.74. The van der Waals surface area contributed by atoms with Gasteiger partial charge in [0.15, 0.2) is 0 Å². The molecule has 0 atom stereocenters. The standard InChI is InChI=1S/C9H11Cl/c1-7(2)8-4-3-5-9(10)6-8/h3-7H,1-2H3/i4D,5D,6D. The Morgan fingerprint density at radius 3 is 2.80 bits per heavy atom. The van der Waals surface area contributed by atoms with Crippen molar-refractivity contribution in [1.29, 1.82) is 0 Å². The lowest BCUT2D eigenvalue weighted by Gasteiger charge is -2.03. The predicted octanol–water partition coefficient (Wildman–Crippen LogP) is 3.46. The average molecular weight is 158 g/mol. The molecule has 0 heterocycles. The molecule has 0 fully saturated rings. The van der Waals surface area contributed by atoms with Crippen molar-refractivity contribution >= 4 is 11.6 Å². The van der Waals surface area contributed by atoms with E-state index < -0.39 is 0 Å². The van der Waals surface area contributed by atoms with Gasteiger partial charge in [0, 0.05) is 5.02 Å². The molecule has 0 radical (unpaired) electrons. The monoisotopic (exact) mass is 157 g/mol. The molecule has 1 heteroatoms. The molecular formula is C9H11Cl. The third kappa shape index (κ3) is 1.74. The third-order valence-corrected chi connectivity index (χ3v) is 1.45. The van der Waals surface area contributed by atoms with Gasteiger partial charge in [0.2, 0.25) is 0 Å². The topological polar surface area (TPSA) is 0 Å². The maximum Gasteiger partial charge on any atom is 0.0641 e. The van der Waals surface area contributed by atoms with Crippen LogP contribution in [0.4, 0.5) is 0 Å². The largest absolute Gasteiger partial charge is 0.0843 e. The molecule has 10 heavy (non-hydrogen) atoms. The van der Waals surface area contributed by atoms with Crippen LogP contribution in [0.3, 0.4) is 0 Å². The predicted molar refractivity (Wildman–Crippen MR) is 45.5 cm³/mol. The van der Waals surface area contributed by atoms with E-state index in [1.807, 2.05) is 13.8 Å². The van der Waals surface area contributed by atoms with Gasteiger partial charge in [-0.1, -0.05) is 37.6 Å². The second kappa shape index (κ2) is 3.07. The molecule has 0 spiro atoms. The Balaban J connectivity index is 3.44. The van der Waals surface area contributed by atoms with Gasteiger partial charge in [-0.2, -0.15) is 0 Å². The Morgan fingerprint density at radius 2 is 2.20 bits per heavy atom. The fourth-order valence-corrected chi connectivity index (χ4v) is 0.835. The van der Waals surface area contributed by atoms with Gasteiger partial charge >= 0.3 is 0 Å². The molecule has 0 unspecified atom stereocenters. The van der Waals surface area contributed by atoms with E-state index in [0.717, 1.165) is 0 Å². The summed E-state index contributed by atoms with van der Waals surface area (Å²) in [4.78, 5) is 0. The minimum atomic E-state index is 0.0565. The van der Waals surface area contributed by atoms with Crippen molar-refractivity contribution in [2.45, 2.75) is 19.8 Å². The molecular weight excluding hydrogens is 144 g/mol. The first kappa shape index (κ1) is 4.40. The van der Waals surface area contributed by atoms with Crippen LogP contribution in [0.1, 0.15) is 29.4 Å². The SMILES string of the molecule is [2H]c1cc([2H])c(C(C)C)c([2H])c1Cl. The Morgan fingerprint density at radius 1 is 1.50 bits per heavy atom. The van der Waals surface area contributed by atoms with Crippen molar-refractivity contribution < 1.29 is 4.11 Å². The lowest BCUT2D eigenvalue weighted by atomic mass is 10.0. The molecule has 0 aliphatic heterocycles. The normalized spacial score (nSPS) is 14.6. The average Bonchev–Trinajstić information content (AvgIpc) is 1.99. The van der Waals surface area contributed by atoms with Gasteiger partial charge in [0.25, 0.3) is 0 Å². The van der Waals surface area contributed by atoms with Gasteiger partial charge in [0.05, 0.1) is 4.11 Å². The highest BCUT2D eigenvalue weighted by molar-refractivity contribution is 6.30. The summed E-state index contributed by atoms with van der Waals surface area (Å²) in [5.74, 6) is 0.0955. The van der Waals surface area contributed by atoms with Crippen LogP contribution < -0.4 is 0 Å². The van der Waals surface area contributed by atoms with E-state index >= 15 is 0 Å². The van der Waals surface area contributed by atoms with Crippen molar-refractivity contribution in [2.75, 3.05) is 0 Å². The number of hydrogen-bond donors (Lipinski definition) is 0. The molecule has 0 bridgehead atoms. The number of rotatable bonds is 1. The summed E-state index contributed by atoms with van der Waals surface area (Å²) in [5.41, 5.74) is 0.612. The van der Waals surface area contributed by atoms with Crippen molar-refractivity contribution in [3.05, 3.63) is 34.8 Å². The number of hydrogen-bond acceptors (Lipinski definition) is 0. The quantitative estimate of drug-likeness (QED) is 0.586. The summed E-state index contributed by atoms with van der Waals surface area (Å²) in [7, 11) is 0. The summed E-state index contributed by atoms with van der Waals surface area (Å²) in [6, 6.07) is 1.79. The zero-order chi connectivity index (χ0) is 10.2. The van der Waals surface area contributed by atoms with E-state index in [-0.39, 0.29) is 29.1 Å². The maximum absolute atomic E-state index is 7.64. The minimum Gasteiger partial charge on any atom is -0.0843 e. The molecule has 1 aromatic rings.